The summed E-state index contributed by atoms with van der Waals surface area (Å²) in [6, 6.07) is 19.9. The first kappa shape index (κ1) is 26.4. The quantitative estimate of drug-likeness (QED) is 0.438. The molecule has 0 amide bonds. The summed E-state index contributed by atoms with van der Waals surface area (Å²) in [7, 11) is 2.25. The van der Waals surface area contributed by atoms with Gasteiger partial charge in [0.2, 0.25) is 0 Å². The van der Waals surface area contributed by atoms with E-state index in [-0.39, 0.29) is 5.41 Å². The van der Waals surface area contributed by atoms with Crippen LogP contribution in [0.3, 0.4) is 0 Å². The Bertz CT molecular complexity index is 1020. The Labute approximate surface area is 217 Å². The van der Waals surface area contributed by atoms with E-state index in [0.717, 1.165) is 62.5 Å². The van der Waals surface area contributed by atoms with Crippen LogP contribution in [-0.4, -0.2) is 56.5 Å². The second-order valence-electron chi connectivity index (χ2n) is 11.4. The Morgan fingerprint density at radius 3 is 1.86 bits per heavy atom. The molecule has 0 bridgehead atoms. The molecule has 0 saturated heterocycles. The molecule has 1 aliphatic rings. The maximum absolute atomic E-state index is 4.66. The Hall–Kier alpha value is -2.67. The van der Waals surface area contributed by atoms with Gasteiger partial charge in [0.15, 0.2) is 0 Å². The van der Waals surface area contributed by atoms with Crippen molar-refractivity contribution in [2.75, 3.05) is 13.6 Å². The molecule has 192 valence electrons. The highest BCUT2D eigenvalue weighted by Gasteiger charge is 2.35. The minimum absolute atomic E-state index is 0.207. The third-order valence-corrected chi connectivity index (χ3v) is 7.00. The smallest absolute Gasteiger partial charge is 0.0544 e. The minimum atomic E-state index is 0.207. The maximum Gasteiger partial charge on any atom is 0.0544 e. The summed E-state index contributed by atoms with van der Waals surface area (Å²) in [4.78, 5) is 19.0. The monoisotopic (exact) mass is 486 g/mol. The molecule has 3 heterocycles. The van der Waals surface area contributed by atoms with Gasteiger partial charge in [-0.05, 0) is 68.1 Å². The van der Waals surface area contributed by atoms with Gasteiger partial charge in [-0.15, -0.1) is 0 Å². The van der Waals surface area contributed by atoms with Gasteiger partial charge in [0.1, 0.15) is 0 Å². The SMILES string of the molecule is CN(Cc1ccccn1)C1CC(NCc2ccccn2)CC(N(Cc2ccccn2)CC(C)(C)C)C1. The molecule has 1 aliphatic carbocycles. The molecule has 6 nitrogen and oxygen atoms in total. The molecular formula is C30H42N6. The van der Waals surface area contributed by atoms with Gasteiger partial charge in [-0.25, -0.2) is 0 Å². The Balaban J connectivity index is 1.53. The van der Waals surface area contributed by atoms with Crippen LogP contribution in [0.4, 0.5) is 0 Å². The van der Waals surface area contributed by atoms with Crippen LogP contribution in [0, 0.1) is 5.41 Å². The van der Waals surface area contributed by atoms with Crippen LogP contribution in [0.2, 0.25) is 0 Å². The lowest BCUT2D eigenvalue weighted by Crippen LogP contribution is -2.53. The van der Waals surface area contributed by atoms with E-state index in [0.29, 0.717) is 18.1 Å². The summed E-state index contributed by atoms with van der Waals surface area (Å²) in [5.74, 6) is 0. The van der Waals surface area contributed by atoms with Gasteiger partial charge < -0.3 is 5.32 Å². The number of pyridine rings is 3. The van der Waals surface area contributed by atoms with Gasteiger partial charge in [0.05, 0.1) is 17.1 Å². The van der Waals surface area contributed by atoms with Crippen molar-refractivity contribution in [3.8, 4) is 0 Å². The second kappa shape index (κ2) is 12.5. The second-order valence-corrected chi connectivity index (χ2v) is 11.4. The average molecular weight is 487 g/mol. The number of nitrogens with zero attached hydrogens (tertiary/aromatic N) is 5. The first-order valence-corrected chi connectivity index (χ1v) is 13.2. The Morgan fingerprint density at radius 1 is 0.750 bits per heavy atom. The summed E-state index contributed by atoms with van der Waals surface area (Å²) >= 11 is 0. The van der Waals surface area contributed by atoms with Crippen molar-refractivity contribution in [3.05, 3.63) is 90.3 Å². The van der Waals surface area contributed by atoms with E-state index in [1.54, 1.807) is 0 Å². The van der Waals surface area contributed by atoms with E-state index in [1.165, 1.54) is 0 Å². The summed E-state index contributed by atoms with van der Waals surface area (Å²) in [6.07, 6.45) is 9.08. The predicted octanol–water partition coefficient (Wildman–Crippen LogP) is 4.93. The molecule has 1 saturated carbocycles. The standard InChI is InChI=1S/C30H42N6/c1-30(2,3)23-36(22-26-13-7-10-16-33-26)29-18-27(34-20-24-11-5-8-14-31-24)17-28(19-29)35(4)21-25-12-6-9-15-32-25/h5-16,27-29,34H,17-23H2,1-4H3. The predicted molar refractivity (Wildman–Crippen MR) is 146 cm³/mol. The minimum Gasteiger partial charge on any atom is -0.308 e. The van der Waals surface area contributed by atoms with E-state index in [2.05, 4.69) is 94.3 Å². The Morgan fingerprint density at radius 2 is 1.31 bits per heavy atom. The van der Waals surface area contributed by atoms with E-state index in [4.69, 9.17) is 0 Å². The van der Waals surface area contributed by atoms with Crippen LogP contribution in [0.5, 0.6) is 0 Å². The first-order valence-electron chi connectivity index (χ1n) is 13.2. The lowest BCUT2D eigenvalue weighted by atomic mass is 9.83. The number of nitrogens with one attached hydrogen (secondary N) is 1. The van der Waals surface area contributed by atoms with E-state index in [9.17, 15) is 0 Å². The van der Waals surface area contributed by atoms with Crippen molar-refractivity contribution >= 4 is 0 Å². The molecule has 1 N–H and O–H groups in total. The average Bonchev–Trinajstić information content (AvgIpc) is 2.88. The molecule has 3 aromatic rings. The van der Waals surface area contributed by atoms with Gasteiger partial charge >= 0.3 is 0 Å². The van der Waals surface area contributed by atoms with Gasteiger partial charge in [-0.3, -0.25) is 24.8 Å². The van der Waals surface area contributed by atoms with Crippen molar-refractivity contribution in [3.63, 3.8) is 0 Å². The summed E-state index contributed by atoms with van der Waals surface area (Å²) in [5, 5.41) is 3.85. The zero-order valence-electron chi connectivity index (χ0n) is 22.3. The van der Waals surface area contributed by atoms with Crippen LogP contribution >= 0.6 is 0 Å². The molecule has 6 heteroatoms. The molecule has 3 aromatic heterocycles. The third-order valence-electron chi connectivity index (χ3n) is 7.00. The van der Waals surface area contributed by atoms with Crippen molar-refractivity contribution in [1.29, 1.82) is 0 Å². The molecule has 0 radical (unpaired) electrons. The van der Waals surface area contributed by atoms with Crippen LogP contribution in [-0.2, 0) is 19.6 Å². The number of rotatable bonds is 10. The van der Waals surface area contributed by atoms with Crippen LogP contribution in [0.25, 0.3) is 0 Å². The first-order chi connectivity index (χ1) is 17.4. The lowest BCUT2D eigenvalue weighted by molar-refractivity contribution is 0.0509. The highest BCUT2D eigenvalue weighted by Crippen LogP contribution is 2.30. The van der Waals surface area contributed by atoms with Crippen LogP contribution in [0.1, 0.15) is 57.1 Å². The molecule has 1 fully saturated rings. The van der Waals surface area contributed by atoms with Gasteiger partial charge in [-0.2, -0.15) is 0 Å². The molecule has 0 aromatic carbocycles. The van der Waals surface area contributed by atoms with E-state index < -0.39 is 0 Å². The van der Waals surface area contributed by atoms with Crippen molar-refractivity contribution < 1.29 is 0 Å². The normalized spacial score (nSPS) is 20.7. The van der Waals surface area contributed by atoms with Crippen molar-refractivity contribution in [1.82, 2.24) is 30.1 Å². The topological polar surface area (TPSA) is 57.2 Å². The van der Waals surface area contributed by atoms with Gasteiger partial charge in [0, 0.05) is 62.9 Å². The van der Waals surface area contributed by atoms with Crippen molar-refractivity contribution in [2.45, 2.75) is 77.8 Å². The molecule has 0 aliphatic heterocycles. The van der Waals surface area contributed by atoms with Crippen LogP contribution in [0.15, 0.2) is 73.2 Å². The molecule has 0 spiro atoms. The van der Waals surface area contributed by atoms with Crippen molar-refractivity contribution in [2.24, 2.45) is 5.41 Å². The largest absolute Gasteiger partial charge is 0.308 e. The molecular weight excluding hydrogens is 444 g/mol. The van der Waals surface area contributed by atoms with Gasteiger partial charge in [-0.1, -0.05) is 39.0 Å². The van der Waals surface area contributed by atoms with Gasteiger partial charge in [0.25, 0.3) is 0 Å². The van der Waals surface area contributed by atoms with E-state index >= 15 is 0 Å². The van der Waals surface area contributed by atoms with Crippen LogP contribution < -0.4 is 5.32 Å². The Kier molecular flexibility index (Phi) is 9.19. The highest BCUT2D eigenvalue weighted by molar-refractivity contribution is 5.07. The highest BCUT2D eigenvalue weighted by atomic mass is 15.2. The number of hydrogen-bond acceptors (Lipinski definition) is 6. The molecule has 3 unspecified atom stereocenters. The number of aromatic nitrogens is 3. The van der Waals surface area contributed by atoms with E-state index in [1.807, 2.05) is 36.8 Å². The zero-order valence-corrected chi connectivity index (χ0v) is 22.3. The molecule has 36 heavy (non-hydrogen) atoms. The fraction of sp³-hybridized carbons (Fsp3) is 0.500. The third kappa shape index (κ3) is 8.19. The summed E-state index contributed by atoms with van der Waals surface area (Å²) in [6.45, 7) is 10.6. The molecule has 3 atom stereocenters. The zero-order chi connectivity index (χ0) is 25.4. The summed E-state index contributed by atoms with van der Waals surface area (Å²) < 4.78 is 0. The summed E-state index contributed by atoms with van der Waals surface area (Å²) in [5.41, 5.74) is 3.57. The fourth-order valence-corrected chi connectivity index (χ4v) is 5.34. The number of hydrogen-bond donors (Lipinski definition) is 1. The lowest BCUT2D eigenvalue weighted by Gasteiger charge is -2.45. The molecule has 4 rings (SSSR count). The maximum atomic E-state index is 4.66. The fourth-order valence-electron chi connectivity index (χ4n) is 5.34.